The van der Waals surface area contributed by atoms with E-state index in [1.54, 1.807) is 0 Å². The van der Waals surface area contributed by atoms with Crippen molar-refractivity contribution in [2.45, 2.75) is 26.2 Å². The highest BCUT2D eigenvalue weighted by Crippen LogP contribution is 2.38. The Kier molecular flexibility index (Phi) is 8.56. The van der Waals surface area contributed by atoms with Gasteiger partial charge in [-0.2, -0.15) is 0 Å². The van der Waals surface area contributed by atoms with Gasteiger partial charge in [0.05, 0.1) is 28.2 Å². The molecule has 0 saturated heterocycles. The molecule has 270 valence electrons. The molecule has 2 N–H and O–H groups in total. The fourth-order valence-electron chi connectivity index (χ4n) is 8.57. The summed E-state index contributed by atoms with van der Waals surface area (Å²) in [5.41, 5.74) is 21.4. The number of rotatable bonds is 9. The first kappa shape index (κ1) is 33.8. The van der Waals surface area contributed by atoms with Crippen molar-refractivity contribution in [2.75, 3.05) is 0 Å². The van der Waals surface area contributed by atoms with Gasteiger partial charge in [-0.3, -0.25) is 4.90 Å². The highest BCUT2D eigenvalue weighted by molar-refractivity contribution is 6.12. The topological polar surface area (TPSA) is 39.1 Å². The van der Waals surface area contributed by atoms with Gasteiger partial charge >= 0.3 is 0 Å². The lowest BCUT2D eigenvalue weighted by Gasteiger charge is -2.29. The third-order valence-corrected chi connectivity index (χ3v) is 11.4. The van der Waals surface area contributed by atoms with Crippen LogP contribution in [-0.2, 0) is 13.1 Å². The van der Waals surface area contributed by atoms with E-state index in [0.717, 1.165) is 24.3 Å². The highest BCUT2D eigenvalue weighted by atomic mass is 15.2. The summed E-state index contributed by atoms with van der Waals surface area (Å²) < 4.78 is 4.80. The van der Waals surface area contributed by atoms with Crippen LogP contribution in [0.3, 0.4) is 0 Å². The van der Waals surface area contributed by atoms with Crippen LogP contribution in [-0.4, -0.2) is 14.0 Å². The number of nitrogens with zero attached hydrogens (tertiary/aromatic N) is 3. The molecule has 10 aromatic rings. The van der Waals surface area contributed by atoms with Crippen LogP contribution >= 0.6 is 0 Å². The lowest BCUT2D eigenvalue weighted by Crippen LogP contribution is -2.33. The van der Waals surface area contributed by atoms with Crippen LogP contribution in [0.5, 0.6) is 0 Å². The van der Waals surface area contributed by atoms with Gasteiger partial charge in [-0.15, -0.1) is 0 Å². The van der Waals surface area contributed by atoms with E-state index in [0.29, 0.717) is 0 Å². The van der Waals surface area contributed by atoms with Crippen molar-refractivity contribution < 1.29 is 0 Å². The number of aryl methyl sites for hydroxylation is 1. The molecule has 10 rings (SSSR count). The molecular formula is C52H42N4. The van der Waals surface area contributed by atoms with Crippen LogP contribution in [0.1, 0.15) is 28.4 Å². The van der Waals surface area contributed by atoms with Gasteiger partial charge in [-0.1, -0.05) is 140 Å². The van der Waals surface area contributed by atoms with Gasteiger partial charge in [0.1, 0.15) is 0 Å². The summed E-state index contributed by atoms with van der Waals surface area (Å²) in [4.78, 5) is 2.35. The number of hydrogen-bond acceptors (Lipinski definition) is 2. The second-order valence-electron chi connectivity index (χ2n) is 14.9. The number of para-hydroxylation sites is 3. The van der Waals surface area contributed by atoms with E-state index in [1.807, 2.05) is 6.07 Å². The normalized spacial score (nSPS) is 12.3. The van der Waals surface area contributed by atoms with E-state index in [9.17, 15) is 0 Å². The zero-order valence-corrected chi connectivity index (χ0v) is 31.4. The van der Waals surface area contributed by atoms with Crippen LogP contribution in [0.25, 0.3) is 66.1 Å². The minimum atomic E-state index is -0.227. The maximum Gasteiger partial charge on any atom is 0.0841 e. The van der Waals surface area contributed by atoms with Crippen molar-refractivity contribution in [2.24, 2.45) is 5.73 Å². The van der Waals surface area contributed by atoms with E-state index in [-0.39, 0.29) is 6.17 Å². The molecule has 2 aromatic heterocycles. The zero-order chi connectivity index (χ0) is 37.6. The van der Waals surface area contributed by atoms with Crippen LogP contribution < -0.4 is 5.73 Å². The van der Waals surface area contributed by atoms with E-state index < -0.39 is 0 Å². The third kappa shape index (κ3) is 5.97. The molecule has 0 aliphatic heterocycles. The predicted octanol–water partition coefficient (Wildman–Crippen LogP) is 12.5. The van der Waals surface area contributed by atoms with Crippen LogP contribution in [0.2, 0.25) is 0 Å². The summed E-state index contributed by atoms with van der Waals surface area (Å²) in [6.45, 7) is 3.68. The number of nitrogens with two attached hydrogens (primary N) is 1. The quantitative estimate of drug-likeness (QED) is 0.151. The highest BCUT2D eigenvalue weighted by Gasteiger charge is 2.19. The molecule has 0 saturated carbocycles. The Labute approximate surface area is 327 Å². The lowest BCUT2D eigenvalue weighted by molar-refractivity contribution is 0.183. The molecule has 0 fully saturated rings. The average Bonchev–Trinajstić information content (AvgIpc) is 3.76. The van der Waals surface area contributed by atoms with Crippen molar-refractivity contribution in [3.05, 3.63) is 216 Å². The Hall–Kier alpha value is -6.72. The van der Waals surface area contributed by atoms with E-state index >= 15 is 0 Å². The molecule has 0 aliphatic rings. The van der Waals surface area contributed by atoms with Crippen molar-refractivity contribution in [3.63, 3.8) is 0 Å². The summed E-state index contributed by atoms with van der Waals surface area (Å²) in [6.07, 6.45) is -0.227. The summed E-state index contributed by atoms with van der Waals surface area (Å²) >= 11 is 0. The second-order valence-corrected chi connectivity index (χ2v) is 14.9. The molecule has 0 amide bonds. The van der Waals surface area contributed by atoms with Gasteiger partial charge < -0.3 is 14.9 Å². The molecule has 8 aromatic carbocycles. The molecule has 0 aliphatic carbocycles. The molecule has 0 spiro atoms. The van der Waals surface area contributed by atoms with Crippen molar-refractivity contribution in [1.82, 2.24) is 14.0 Å². The van der Waals surface area contributed by atoms with Gasteiger partial charge in [0.2, 0.25) is 0 Å². The fraction of sp³-hybridized carbons (Fsp3) is 0.0769. The number of fused-ring (bicyclic) bond motifs is 6. The van der Waals surface area contributed by atoms with Crippen molar-refractivity contribution in [1.29, 1.82) is 0 Å². The zero-order valence-electron chi connectivity index (χ0n) is 31.4. The summed E-state index contributed by atoms with van der Waals surface area (Å²) in [6, 6.07) is 70.0. The predicted molar refractivity (Wildman–Crippen MR) is 234 cm³/mol. The lowest BCUT2D eigenvalue weighted by atomic mass is 10.0. The van der Waals surface area contributed by atoms with Crippen LogP contribution in [0.4, 0.5) is 0 Å². The number of hydrogen-bond donors (Lipinski definition) is 1. The number of benzene rings is 8. The van der Waals surface area contributed by atoms with Gasteiger partial charge in [0.25, 0.3) is 0 Å². The molecule has 1 unspecified atom stereocenters. The summed E-state index contributed by atoms with van der Waals surface area (Å²) in [7, 11) is 0. The SMILES string of the molecule is Cc1ccccc1-n1c2ccccc2c2cc(-c3ccc4c(c3)c3ccccc3n4-c3ccc(CN(Cc4ccccc4)C(N)c4ccccc4)cc3)ccc21. The molecule has 0 radical (unpaired) electrons. The summed E-state index contributed by atoms with van der Waals surface area (Å²) in [5.74, 6) is 0. The molecule has 0 bridgehead atoms. The first-order chi connectivity index (χ1) is 27.6. The largest absolute Gasteiger partial charge is 0.312 e. The minimum Gasteiger partial charge on any atom is -0.312 e. The standard InChI is InChI=1S/C52H42N4/c1-36-14-8-11-21-47(36)56-49-23-13-10-20-44(49)46-33-41(27-31-51(46)56)40-26-30-50-45(32-40)43-19-9-12-22-48(43)55(50)42-28-24-38(25-29-42)35-54(34-37-15-4-2-5-16-37)52(53)39-17-6-3-7-18-39/h2-33,52H,34-35,53H2,1H3. The Bertz CT molecular complexity index is 2990. The number of aromatic nitrogens is 2. The molecule has 56 heavy (non-hydrogen) atoms. The maximum absolute atomic E-state index is 6.92. The van der Waals surface area contributed by atoms with Gasteiger partial charge in [-0.25, -0.2) is 0 Å². The van der Waals surface area contributed by atoms with Gasteiger partial charge in [-0.05, 0) is 94.9 Å². The van der Waals surface area contributed by atoms with E-state index in [4.69, 9.17) is 5.73 Å². The Balaban J connectivity index is 1.01. The van der Waals surface area contributed by atoms with Crippen LogP contribution in [0.15, 0.2) is 194 Å². The van der Waals surface area contributed by atoms with Crippen molar-refractivity contribution >= 4 is 43.6 Å². The van der Waals surface area contributed by atoms with E-state index in [1.165, 1.54) is 77.1 Å². The Morgan fingerprint density at radius 2 is 0.929 bits per heavy atom. The Morgan fingerprint density at radius 3 is 1.55 bits per heavy atom. The second kappa shape index (κ2) is 14.2. The molecular weight excluding hydrogens is 681 g/mol. The van der Waals surface area contributed by atoms with Gasteiger partial charge in [0, 0.05) is 46.0 Å². The van der Waals surface area contributed by atoms with Gasteiger partial charge in [0.15, 0.2) is 0 Å². The Morgan fingerprint density at radius 1 is 0.446 bits per heavy atom. The summed E-state index contributed by atoms with van der Waals surface area (Å²) in [5, 5.41) is 5.01. The average molecular weight is 723 g/mol. The third-order valence-electron chi connectivity index (χ3n) is 11.4. The van der Waals surface area contributed by atoms with Crippen molar-refractivity contribution in [3.8, 4) is 22.5 Å². The fourth-order valence-corrected chi connectivity index (χ4v) is 8.57. The van der Waals surface area contributed by atoms with Crippen LogP contribution in [0, 0.1) is 6.92 Å². The maximum atomic E-state index is 6.92. The van der Waals surface area contributed by atoms with E-state index in [2.05, 4.69) is 209 Å². The molecule has 4 heteroatoms. The monoisotopic (exact) mass is 722 g/mol. The first-order valence-electron chi connectivity index (χ1n) is 19.4. The molecule has 2 heterocycles. The minimum absolute atomic E-state index is 0.227. The molecule has 4 nitrogen and oxygen atoms in total. The smallest absolute Gasteiger partial charge is 0.0841 e. The first-order valence-corrected chi connectivity index (χ1v) is 19.4. The molecule has 1 atom stereocenters.